The summed E-state index contributed by atoms with van der Waals surface area (Å²) in [4.78, 5) is 42.2. The van der Waals surface area contributed by atoms with Crippen molar-refractivity contribution in [3.63, 3.8) is 0 Å². The molecule has 8 fully saturated rings. The number of aliphatic hydroxyl groups is 8. The van der Waals surface area contributed by atoms with Crippen molar-refractivity contribution in [3.8, 4) is 0 Å². The van der Waals surface area contributed by atoms with Crippen molar-refractivity contribution >= 4 is 18.2 Å². The summed E-state index contributed by atoms with van der Waals surface area (Å²) in [5, 5.41) is 94.8. The van der Waals surface area contributed by atoms with Gasteiger partial charge in [0.1, 0.15) is 60.5 Å². The van der Waals surface area contributed by atoms with Crippen molar-refractivity contribution in [2.75, 3.05) is 13.2 Å². The van der Waals surface area contributed by atoms with Gasteiger partial charge in [-0.25, -0.2) is 0 Å². The van der Waals surface area contributed by atoms with E-state index < -0.39 is 132 Å². The number of carbonyl (C=O) groups is 3. The van der Waals surface area contributed by atoms with Crippen LogP contribution in [-0.2, 0) is 42.8 Å². The lowest BCUT2D eigenvalue weighted by Gasteiger charge is -2.71. The predicted octanol–water partition coefficient (Wildman–Crippen LogP) is 1.81. The average Bonchev–Trinajstić information content (AvgIpc) is 3.34. The van der Waals surface area contributed by atoms with Crippen molar-refractivity contribution in [3.05, 3.63) is 11.6 Å². The fourth-order valence-corrected chi connectivity index (χ4v) is 16.8. The van der Waals surface area contributed by atoms with E-state index >= 15 is 4.79 Å². The summed E-state index contributed by atoms with van der Waals surface area (Å²) in [5.41, 5.74) is 2.82. The third kappa shape index (κ3) is 8.53. The molecule has 9 rings (SSSR count). The van der Waals surface area contributed by atoms with E-state index in [1.54, 1.807) is 0 Å². The lowest BCUT2D eigenvalue weighted by Crippen LogP contribution is -2.84. The number of aliphatic hydroxyl groups excluding tert-OH is 8. The van der Waals surface area contributed by atoms with Crippen molar-refractivity contribution in [2.45, 2.75) is 249 Å². The monoisotopic (exact) mass is 1050 g/mol. The van der Waals surface area contributed by atoms with Gasteiger partial charge in [0, 0.05) is 6.42 Å². The highest BCUT2D eigenvalue weighted by Gasteiger charge is 2.77. The third-order valence-corrected chi connectivity index (χ3v) is 21.5. The van der Waals surface area contributed by atoms with Gasteiger partial charge in [-0.1, -0.05) is 66.5 Å². The summed E-state index contributed by atoms with van der Waals surface area (Å²) in [7, 11) is 0. The minimum atomic E-state index is -2.34. The summed E-state index contributed by atoms with van der Waals surface area (Å²) < 4.78 is 38.2. The largest absolute Gasteiger partial charge is 0.426 e. The topological polar surface area (TPSA) is 306 Å². The fourth-order valence-electron chi connectivity index (χ4n) is 16.8. The van der Waals surface area contributed by atoms with Gasteiger partial charge >= 0.3 is 5.97 Å². The molecule has 0 bridgehead atoms. The first-order chi connectivity index (χ1) is 34.7. The Morgan fingerprint density at radius 1 is 0.824 bits per heavy atom. The van der Waals surface area contributed by atoms with E-state index in [-0.39, 0.29) is 66.3 Å². The van der Waals surface area contributed by atoms with Crippen LogP contribution in [0.4, 0.5) is 0 Å². The normalized spacial score (nSPS) is 52.6. The van der Waals surface area contributed by atoms with E-state index in [1.165, 1.54) is 6.92 Å². The first kappa shape index (κ1) is 56.5. The Hall–Kier alpha value is -2.21. The highest BCUT2D eigenvalue weighted by molar-refractivity contribution is 5.80. The molecule has 4 aliphatic heterocycles. The highest BCUT2D eigenvalue weighted by atomic mass is 16.8. The van der Waals surface area contributed by atoms with Gasteiger partial charge in [-0.3, -0.25) is 9.59 Å². The van der Waals surface area contributed by atoms with Crippen molar-refractivity contribution < 1.29 is 83.7 Å². The Morgan fingerprint density at radius 3 is 2.24 bits per heavy atom. The molecule has 74 heavy (non-hydrogen) atoms. The first-order valence-corrected chi connectivity index (χ1v) is 27.8. The van der Waals surface area contributed by atoms with Crippen molar-refractivity contribution in [1.29, 1.82) is 0 Å². The Morgan fingerprint density at radius 2 is 1.55 bits per heavy atom. The van der Waals surface area contributed by atoms with Gasteiger partial charge in [-0.2, -0.15) is 0 Å². The number of nitrogens with two attached hydrogens (primary N) is 1. The number of aldehydes is 1. The molecule has 0 radical (unpaired) electrons. The van der Waals surface area contributed by atoms with E-state index in [9.17, 15) is 50.4 Å². The second kappa shape index (κ2) is 20.2. The molecule has 0 spiro atoms. The summed E-state index contributed by atoms with van der Waals surface area (Å²) in [6, 6.07) is -0.930. The molecule has 4 saturated carbocycles. The van der Waals surface area contributed by atoms with Crippen LogP contribution in [0.1, 0.15) is 145 Å². The molecule has 0 aromatic rings. The number of amides is 1. The van der Waals surface area contributed by atoms with Crippen LogP contribution in [0.25, 0.3) is 0 Å². The predicted molar refractivity (Wildman–Crippen MR) is 264 cm³/mol. The number of hydrogen-bond donors (Lipinski definition) is 10. The van der Waals surface area contributed by atoms with Gasteiger partial charge in [0.25, 0.3) is 5.79 Å². The Labute approximate surface area is 435 Å². The van der Waals surface area contributed by atoms with Gasteiger partial charge in [-0.15, -0.1) is 0 Å². The number of hydrogen-bond acceptors (Lipinski definition) is 18. The summed E-state index contributed by atoms with van der Waals surface area (Å²) in [6.45, 7) is 16.6. The van der Waals surface area contributed by atoms with E-state index in [4.69, 9.17) is 34.2 Å². The number of unbranched alkanes of at least 4 members (excludes halogenated alkanes) is 2. The highest BCUT2D eigenvalue weighted by Crippen LogP contribution is 2.76. The Kier molecular flexibility index (Phi) is 15.4. The second-order valence-electron chi connectivity index (χ2n) is 26.0. The molecule has 14 unspecified atom stereocenters. The number of ether oxygens (including phenoxy) is 6. The summed E-state index contributed by atoms with van der Waals surface area (Å²) >= 11 is 0. The molecular formula is C55H88N2O17. The molecule has 4 saturated heterocycles. The number of esters is 1. The molecule has 5 aliphatic carbocycles. The van der Waals surface area contributed by atoms with Crippen LogP contribution < -0.4 is 11.1 Å². The molecule has 420 valence electrons. The minimum Gasteiger partial charge on any atom is -0.426 e. The number of allylic oxidation sites excluding steroid dienone is 2. The number of fused-ring (bicyclic) bond motifs is 8. The maximum absolute atomic E-state index is 16.1. The lowest BCUT2D eigenvalue weighted by atomic mass is 9.33. The van der Waals surface area contributed by atoms with Crippen LogP contribution in [0.2, 0.25) is 0 Å². The number of rotatable bonds is 13. The van der Waals surface area contributed by atoms with Crippen LogP contribution >= 0.6 is 0 Å². The quantitative estimate of drug-likeness (QED) is 0.0545. The lowest BCUT2D eigenvalue weighted by molar-refractivity contribution is -0.471. The molecule has 11 N–H and O–H groups in total. The van der Waals surface area contributed by atoms with Gasteiger partial charge in [0.2, 0.25) is 5.91 Å². The maximum atomic E-state index is 16.1. The van der Waals surface area contributed by atoms with Crippen LogP contribution in [-0.4, -0.2) is 176 Å². The minimum absolute atomic E-state index is 0.0352. The zero-order valence-corrected chi connectivity index (χ0v) is 44.8. The second-order valence-corrected chi connectivity index (χ2v) is 26.0. The van der Waals surface area contributed by atoms with E-state index in [0.29, 0.717) is 38.6 Å². The molecule has 0 aromatic carbocycles. The molecule has 0 aromatic heterocycles. The standard InChI is InChI=1S/C55H88N2O17/c1-9-31-37(57-36(62)13-11-10-12-22-56)39(64)44-46(71-31)55(73-44,45-41(66)40(65)43(27(2)70-45)72-47-42(67)38(63)30(59)25-69-47)74-48(68)54-21-20-49(3,4)23-29(54)28-14-15-33-50(5)18-17-34(60)51(6,26-58)32(50)16-19-52(33,7)53(28,8)24-35(54)61/h14,26-27,29-35,37-47,59-61,63-67H,9-13,15-25,56H2,1-8H3,(H,57,62)/t27-,29?,30?,31+,32-,33?,34+,35+,37?,38?,39?,40?,41?,42?,43?,44?,45-,46-,47+,50?,51-,52+,53-,54?,55?/m1/s1. The van der Waals surface area contributed by atoms with E-state index in [0.717, 1.165) is 44.0 Å². The van der Waals surface area contributed by atoms with E-state index in [2.05, 4.69) is 46.0 Å². The molecule has 9 aliphatic rings. The van der Waals surface area contributed by atoms with Crippen LogP contribution in [0.3, 0.4) is 0 Å². The van der Waals surface area contributed by atoms with Crippen LogP contribution in [0.15, 0.2) is 11.6 Å². The van der Waals surface area contributed by atoms with Crippen molar-refractivity contribution in [2.24, 2.45) is 56.0 Å². The number of nitrogens with one attached hydrogen (secondary N) is 1. The van der Waals surface area contributed by atoms with Gasteiger partial charge < -0.3 is 85.1 Å². The summed E-state index contributed by atoms with van der Waals surface area (Å²) in [6.07, 6.45) is -10.1. The van der Waals surface area contributed by atoms with Gasteiger partial charge in [0.15, 0.2) is 18.5 Å². The van der Waals surface area contributed by atoms with E-state index in [1.807, 2.05) is 13.8 Å². The Balaban J connectivity index is 1.06. The molecule has 19 nitrogen and oxygen atoms in total. The van der Waals surface area contributed by atoms with Crippen LogP contribution in [0.5, 0.6) is 0 Å². The zero-order chi connectivity index (χ0) is 53.9. The smallest absolute Gasteiger partial charge is 0.318 e. The molecule has 19 heteroatoms. The molecule has 4 heterocycles. The maximum Gasteiger partial charge on any atom is 0.318 e. The van der Waals surface area contributed by atoms with Gasteiger partial charge in [-0.05, 0) is 130 Å². The average molecular weight is 1050 g/mol. The zero-order valence-electron chi connectivity index (χ0n) is 44.8. The Bertz CT molecular complexity index is 2130. The van der Waals surface area contributed by atoms with Crippen molar-refractivity contribution in [1.82, 2.24) is 5.32 Å². The third-order valence-electron chi connectivity index (χ3n) is 21.5. The fraction of sp³-hybridized carbons (Fsp3) is 0.909. The molecule has 25 atom stereocenters. The first-order valence-electron chi connectivity index (χ1n) is 27.8. The number of carbonyl (C=O) groups excluding carboxylic acids is 3. The van der Waals surface area contributed by atoms with Crippen LogP contribution in [0, 0.1) is 50.2 Å². The molecular weight excluding hydrogens is 961 g/mol. The SMILES string of the molecule is CC[C@@H]1O[C@@H]2C(OC2(OC(=O)C23CCC(C)(C)CC2C2=CCC4C5(C)CC[C@H](O)[C@](C)(C=O)[C@@H]5CC[C@]4(C)[C@]2(C)C[C@@H]3O)[C@@H]2O[C@H](C)C(O[C@@H]3OCC(O)C(O)C3O)C(O)C2O)C(O)C1NC(=O)CCCCCN. The van der Waals surface area contributed by atoms with Gasteiger partial charge in [0.05, 0.1) is 42.5 Å². The summed E-state index contributed by atoms with van der Waals surface area (Å²) in [5.74, 6) is -3.89. The molecule has 1 amide bonds.